The fourth-order valence-electron chi connectivity index (χ4n) is 2.42. The molecule has 1 aromatic rings. The predicted molar refractivity (Wildman–Crippen MR) is 82.3 cm³/mol. The number of imide groups is 1. The van der Waals surface area contributed by atoms with E-state index in [9.17, 15) is 22.4 Å². The number of hydrogen-bond acceptors (Lipinski definition) is 4. The average molecular weight is 342 g/mol. The van der Waals surface area contributed by atoms with Gasteiger partial charge in [-0.25, -0.2) is 12.8 Å². The van der Waals surface area contributed by atoms with Crippen LogP contribution in [0.3, 0.4) is 0 Å². The van der Waals surface area contributed by atoms with E-state index in [1.54, 1.807) is 6.92 Å². The number of sulfonamides is 1. The Bertz CT molecular complexity index is 687. The molecule has 1 aliphatic rings. The fourth-order valence-corrected chi connectivity index (χ4v) is 3.72. The number of hydrogen-bond donors (Lipinski definition) is 0. The maximum atomic E-state index is 13.0. The standard InChI is InChI=1S/C15H19FN2O4S/c1-11(12-3-5-13(16)6-4-12)17(2)23(21,22)10-9-18-14(19)7-8-15(18)20/h3-6,11H,7-10H2,1-2H3/t11-/m1/s1. The lowest BCUT2D eigenvalue weighted by atomic mass is 10.1. The van der Waals surface area contributed by atoms with Crippen LogP contribution in [0.1, 0.15) is 31.4 Å². The molecule has 6 nitrogen and oxygen atoms in total. The SMILES string of the molecule is C[C@H](c1ccc(F)cc1)N(C)S(=O)(=O)CCN1C(=O)CCC1=O. The number of likely N-dealkylation sites (tertiary alicyclic amines) is 1. The van der Waals surface area contributed by atoms with Crippen molar-refractivity contribution in [1.82, 2.24) is 9.21 Å². The smallest absolute Gasteiger partial charge is 0.229 e. The van der Waals surface area contributed by atoms with E-state index in [-0.39, 0.29) is 37.0 Å². The molecular weight excluding hydrogens is 323 g/mol. The number of amides is 2. The van der Waals surface area contributed by atoms with Crippen LogP contribution in [0.5, 0.6) is 0 Å². The first-order valence-corrected chi connectivity index (χ1v) is 8.87. The maximum absolute atomic E-state index is 13.0. The molecular formula is C15H19FN2O4S. The number of carbonyl (C=O) groups excluding carboxylic acids is 2. The highest BCUT2D eigenvalue weighted by Gasteiger charge is 2.31. The number of benzene rings is 1. The maximum Gasteiger partial charge on any atom is 0.229 e. The van der Waals surface area contributed by atoms with Crippen molar-refractivity contribution in [2.24, 2.45) is 0 Å². The minimum absolute atomic E-state index is 0.138. The summed E-state index contributed by atoms with van der Waals surface area (Å²) >= 11 is 0. The van der Waals surface area contributed by atoms with E-state index in [1.165, 1.54) is 35.6 Å². The van der Waals surface area contributed by atoms with Crippen LogP contribution in [0.15, 0.2) is 24.3 Å². The molecule has 0 aliphatic carbocycles. The van der Waals surface area contributed by atoms with E-state index in [4.69, 9.17) is 0 Å². The third-order valence-corrected chi connectivity index (χ3v) is 5.96. The second-order valence-electron chi connectivity index (χ2n) is 5.50. The second-order valence-corrected chi connectivity index (χ2v) is 7.65. The number of halogens is 1. The number of carbonyl (C=O) groups is 2. The normalized spacial score (nSPS) is 17.1. The fraction of sp³-hybridized carbons (Fsp3) is 0.467. The van der Waals surface area contributed by atoms with Gasteiger partial charge in [-0.3, -0.25) is 14.5 Å². The minimum Gasteiger partial charge on any atom is -0.282 e. The summed E-state index contributed by atoms with van der Waals surface area (Å²) in [5, 5.41) is 0. The summed E-state index contributed by atoms with van der Waals surface area (Å²) in [7, 11) is -2.23. The van der Waals surface area contributed by atoms with Gasteiger partial charge >= 0.3 is 0 Å². The predicted octanol–water partition coefficient (Wildman–Crippen LogP) is 1.30. The molecule has 2 rings (SSSR count). The Hall–Kier alpha value is -1.80. The van der Waals surface area contributed by atoms with E-state index >= 15 is 0 Å². The molecule has 1 aromatic carbocycles. The number of rotatable bonds is 6. The Labute approximate surface area is 134 Å². The lowest BCUT2D eigenvalue weighted by Crippen LogP contribution is -2.38. The van der Waals surface area contributed by atoms with Gasteiger partial charge in [-0.1, -0.05) is 12.1 Å². The highest BCUT2D eigenvalue weighted by Crippen LogP contribution is 2.22. The van der Waals surface area contributed by atoms with Crippen LogP contribution in [-0.2, 0) is 19.6 Å². The van der Waals surface area contributed by atoms with E-state index in [2.05, 4.69) is 0 Å². The summed E-state index contributed by atoms with van der Waals surface area (Å²) in [5.74, 6) is -1.39. The minimum atomic E-state index is -3.66. The summed E-state index contributed by atoms with van der Waals surface area (Å²) in [6.07, 6.45) is 0.279. The Morgan fingerprint density at radius 3 is 2.22 bits per heavy atom. The first-order chi connectivity index (χ1) is 10.7. The van der Waals surface area contributed by atoms with Crippen molar-refractivity contribution >= 4 is 21.8 Å². The molecule has 1 saturated heterocycles. The van der Waals surface area contributed by atoms with E-state index in [0.29, 0.717) is 5.56 Å². The summed E-state index contributed by atoms with van der Waals surface area (Å²) in [5.41, 5.74) is 0.658. The molecule has 23 heavy (non-hydrogen) atoms. The molecule has 0 saturated carbocycles. The van der Waals surface area contributed by atoms with Crippen molar-refractivity contribution in [2.45, 2.75) is 25.8 Å². The summed E-state index contributed by atoms with van der Waals surface area (Å²) in [6, 6.07) is 5.12. The summed E-state index contributed by atoms with van der Waals surface area (Å²) < 4.78 is 38.9. The molecule has 0 N–H and O–H groups in total. The van der Waals surface area contributed by atoms with Crippen molar-refractivity contribution in [3.63, 3.8) is 0 Å². The first kappa shape index (κ1) is 17.6. The quantitative estimate of drug-likeness (QED) is 0.730. The molecule has 8 heteroatoms. The Kier molecular flexibility index (Phi) is 5.16. The van der Waals surface area contributed by atoms with Crippen LogP contribution in [0.2, 0.25) is 0 Å². The van der Waals surface area contributed by atoms with Crippen LogP contribution in [0.4, 0.5) is 4.39 Å². The molecule has 0 unspecified atom stereocenters. The molecule has 1 aliphatic heterocycles. The van der Waals surface area contributed by atoms with Gasteiger partial charge < -0.3 is 0 Å². The van der Waals surface area contributed by atoms with Crippen LogP contribution in [0.25, 0.3) is 0 Å². The Balaban J connectivity index is 2.04. The van der Waals surface area contributed by atoms with Gasteiger partial charge in [0.25, 0.3) is 0 Å². The Morgan fingerprint density at radius 2 is 1.70 bits per heavy atom. The molecule has 0 bridgehead atoms. The number of nitrogens with zero attached hydrogens (tertiary/aromatic N) is 2. The van der Waals surface area contributed by atoms with Crippen LogP contribution < -0.4 is 0 Å². The van der Waals surface area contributed by atoms with Crippen molar-refractivity contribution in [2.75, 3.05) is 19.3 Å². The van der Waals surface area contributed by atoms with Crippen LogP contribution >= 0.6 is 0 Å². The zero-order chi connectivity index (χ0) is 17.2. The van der Waals surface area contributed by atoms with E-state index < -0.39 is 21.9 Å². The third kappa shape index (κ3) is 3.94. The van der Waals surface area contributed by atoms with Gasteiger partial charge in [0.1, 0.15) is 5.82 Å². The summed E-state index contributed by atoms with van der Waals surface area (Å²) in [6.45, 7) is 1.55. The van der Waals surface area contributed by atoms with Crippen molar-refractivity contribution < 1.29 is 22.4 Å². The van der Waals surface area contributed by atoms with Crippen LogP contribution in [0, 0.1) is 5.82 Å². The monoisotopic (exact) mass is 342 g/mol. The largest absolute Gasteiger partial charge is 0.282 e. The van der Waals surface area contributed by atoms with E-state index in [0.717, 1.165) is 4.90 Å². The average Bonchev–Trinajstić information content (AvgIpc) is 2.83. The van der Waals surface area contributed by atoms with Gasteiger partial charge in [0.15, 0.2) is 0 Å². The highest BCUT2D eigenvalue weighted by molar-refractivity contribution is 7.89. The first-order valence-electron chi connectivity index (χ1n) is 7.27. The van der Waals surface area contributed by atoms with Crippen molar-refractivity contribution in [3.05, 3.63) is 35.6 Å². The lowest BCUT2D eigenvalue weighted by Gasteiger charge is -2.25. The van der Waals surface area contributed by atoms with Gasteiger partial charge in [-0.15, -0.1) is 0 Å². The molecule has 0 radical (unpaired) electrons. The zero-order valence-corrected chi connectivity index (χ0v) is 13.8. The van der Waals surface area contributed by atoms with Gasteiger partial charge in [0.05, 0.1) is 5.75 Å². The van der Waals surface area contributed by atoms with Gasteiger partial charge in [-0.05, 0) is 24.6 Å². The third-order valence-electron chi connectivity index (χ3n) is 4.06. The van der Waals surface area contributed by atoms with Gasteiger partial charge in [0.2, 0.25) is 21.8 Å². The molecule has 2 amide bonds. The molecule has 126 valence electrons. The van der Waals surface area contributed by atoms with Crippen molar-refractivity contribution in [1.29, 1.82) is 0 Å². The molecule has 0 spiro atoms. The Morgan fingerprint density at radius 1 is 1.17 bits per heavy atom. The molecule has 0 aromatic heterocycles. The highest BCUT2D eigenvalue weighted by atomic mass is 32.2. The molecule has 1 atom stereocenters. The van der Waals surface area contributed by atoms with E-state index in [1.807, 2.05) is 0 Å². The van der Waals surface area contributed by atoms with Crippen molar-refractivity contribution in [3.8, 4) is 0 Å². The topological polar surface area (TPSA) is 74.8 Å². The van der Waals surface area contributed by atoms with Gasteiger partial charge in [-0.2, -0.15) is 4.31 Å². The van der Waals surface area contributed by atoms with Crippen LogP contribution in [-0.4, -0.2) is 48.8 Å². The molecule has 1 fully saturated rings. The van der Waals surface area contributed by atoms with Gasteiger partial charge in [0, 0.05) is 32.5 Å². The second kappa shape index (κ2) is 6.76. The lowest BCUT2D eigenvalue weighted by molar-refractivity contribution is -0.137. The summed E-state index contributed by atoms with van der Waals surface area (Å²) in [4.78, 5) is 24.0. The molecule has 1 heterocycles. The zero-order valence-electron chi connectivity index (χ0n) is 13.0.